The fourth-order valence-corrected chi connectivity index (χ4v) is 3.21. The van der Waals surface area contributed by atoms with Crippen molar-refractivity contribution in [2.45, 2.75) is 33.4 Å². The molecule has 0 radical (unpaired) electrons. The van der Waals surface area contributed by atoms with E-state index in [0.29, 0.717) is 28.7 Å². The van der Waals surface area contributed by atoms with Gasteiger partial charge < -0.3 is 4.74 Å². The number of esters is 1. The number of ether oxygens (including phenoxy) is 1. The summed E-state index contributed by atoms with van der Waals surface area (Å²) in [4.78, 5) is 34.5. The molecule has 0 aliphatic rings. The van der Waals surface area contributed by atoms with Crippen molar-refractivity contribution in [1.29, 1.82) is 0 Å². The van der Waals surface area contributed by atoms with Gasteiger partial charge in [-0.3, -0.25) is 4.79 Å². The van der Waals surface area contributed by atoms with Crippen LogP contribution < -0.4 is 5.56 Å². The summed E-state index contributed by atoms with van der Waals surface area (Å²) in [5, 5.41) is 5.20. The molecule has 29 heavy (non-hydrogen) atoms. The molecule has 0 atom stereocenters. The highest BCUT2D eigenvalue weighted by Crippen LogP contribution is 2.17. The van der Waals surface area contributed by atoms with Gasteiger partial charge in [0.1, 0.15) is 6.61 Å². The first kappa shape index (κ1) is 18.7. The molecule has 2 aromatic carbocycles. The maximum atomic E-state index is 12.8. The monoisotopic (exact) mass is 388 g/mol. The first-order valence-corrected chi connectivity index (χ1v) is 9.47. The van der Waals surface area contributed by atoms with E-state index in [1.165, 1.54) is 4.68 Å². The summed E-state index contributed by atoms with van der Waals surface area (Å²) in [6.45, 7) is 4.19. The van der Waals surface area contributed by atoms with Crippen molar-refractivity contribution < 1.29 is 9.53 Å². The highest BCUT2D eigenvalue weighted by molar-refractivity contribution is 6.02. The average molecular weight is 388 g/mol. The van der Waals surface area contributed by atoms with Gasteiger partial charge in [0.05, 0.1) is 27.8 Å². The summed E-state index contributed by atoms with van der Waals surface area (Å²) in [6.07, 6.45) is 0.728. The van der Waals surface area contributed by atoms with Crippen molar-refractivity contribution in [3.8, 4) is 0 Å². The Balaban J connectivity index is 1.67. The molecule has 7 nitrogen and oxygen atoms in total. The van der Waals surface area contributed by atoms with Crippen LogP contribution in [0.15, 0.2) is 53.3 Å². The van der Waals surface area contributed by atoms with Gasteiger partial charge in [-0.1, -0.05) is 37.3 Å². The molecule has 0 spiro atoms. The molecule has 7 heteroatoms. The minimum atomic E-state index is -0.597. The van der Waals surface area contributed by atoms with E-state index < -0.39 is 5.97 Å². The van der Waals surface area contributed by atoms with Crippen LogP contribution in [0.3, 0.4) is 0 Å². The lowest BCUT2D eigenvalue weighted by molar-refractivity contribution is 0.0459. The van der Waals surface area contributed by atoms with E-state index in [4.69, 9.17) is 4.74 Å². The number of hydrogen-bond acceptors (Lipinski definition) is 6. The van der Waals surface area contributed by atoms with E-state index in [0.717, 1.165) is 17.5 Å². The third kappa shape index (κ3) is 3.59. The normalized spacial score (nSPS) is 11.1. The number of nitrogens with zero attached hydrogens (tertiary/aromatic N) is 4. The smallest absolute Gasteiger partial charge is 0.359 e. The summed E-state index contributed by atoms with van der Waals surface area (Å²) >= 11 is 0. The van der Waals surface area contributed by atoms with Gasteiger partial charge in [-0.15, -0.1) is 0 Å². The molecule has 4 rings (SSSR count). The zero-order valence-corrected chi connectivity index (χ0v) is 16.3. The van der Waals surface area contributed by atoms with Gasteiger partial charge in [0, 0.05) is 11.9 Å². The Morgan fingerprint density at radius 1 is 1.00 bits per heavy atom. The summed E-state index contributed by atoms with van der Waals surface area (Å²) in [7, 11) is 0. The second kappa shape index (κ2) is 7.79. The van der Waals surface area contributed by atoms with Crippen LogP contribution >= 0.6 is 0 Å². The lowest BCUT2D eigenvalue weighted by Gasteiger charge is -2.11. The molecule has 0 amide bonds. The van der Waals surface area contributed by atoms with Crippen LogP contribution in [0.2, 0.25) is 0 Å². The second-order valence-electron chi connectivity index (χ2n) is 6.74. The van der Waals surface area contributed by atoms with Gasteiger partial charge in [0.2, 0.25) is 0 Å². The van der Waals surface area contributed by atoms with Gasteiger partial charge in [0.25, 0.3) is 5.56 Å². The van der Waals surface area contributed by atoms with Crippen LogP contribution in [0, 0.1) is 6.92 Å². The number of aryl methyl sites for hydroxylation is 2. The number of benzene rings is 2. The zero-order valence-electron chi connectivity index (χ0n) is 16.3. The van der Waals surface area contributed by atoms with Crippen LogP contribution in [0.4, 0.5) is 0 Å². The Kier molecular flexibility index (Phi) is 5.03. The molecule has 0 unspecified atom stereocenters. The van der Waals surface area contributed by atoms with Crippen molar-refractivity contribution in [1.82, 2.24) is 19.7 Å². The molecule has 4 aromatic rings. The fourth-order valence-electron chi connectivity index (χ4n) is 3.21. The summed E-state index contributed by atoms with van der Waals surface area (Å²) in [5.74, 6) is -0.597. The molecule has 2 heterocycles. The molecule has 0 aliphatic carbocycles. The van der Waals surface area contributed by atoms with Crippen molar-refractivity contribution in [3.05, 3.63) is 76.0 Å². The minimum Gasteiger partial charge on any atom is -0.454 e. The Morgan fingerprint density at radius 3 is 2.38 bits per heavy atom. The topological polar surface area (TPSA) is 87.0 Å². The second-order valence-corrected chi connectivity index (χ2v) is 6.74. The summed E-state index contributed by atoms with van der Waals surface area (Å²) in [5.41, 5.74) is 2.73. The number of carbonyl (C=O) groups is 1. The fraction of sp³-hybridized carbons (Fsp3) is 0.227. The molecule has 0 fully saturated rings. The van der Waals surface area contributed by atoms with Crippen molar-refractivity contribution in [3.63, 3.8) is 0 Å². The lowest BCUT2D eigenvalue weighted by Crippen LogP contribution is -2.26. The Bertz CT molecular complexity index is 1280. The number of hydrogen-bond donors (Lipinski definition) is 0. The highest BCUT2D eigenvalue weighted by atomic mass is 16.5. The summed E-state index contributed by atoms with van der Waals surface area (Å²) < 4.78 is 6.83. The Morgan fingerprint density at radius 2 is 1.66 bits per heavy atom. The number of rotatable bonds is 5. The van der Waals surface area contributed by atoms with E-state index in [-0.39, 0.29) is 17.9 Å². The predicted octanol–water partition coefficient (Wildman–Crippen LogP) is 3.42. The number of para-hydroxylation sites is 2. The molecule has 0 N–H and O–H groups in total. The highest BCUT2D eigenvalue weighted by Gasteiger charge is 2.18. The third-order valence-electron chi connectivity index (χ3n) is 4.68. The van der Waals surface area contributed by atoms with E-state index in [1.807, 2.05) is 38.1 Å². The van der Waals surface area contributed by atoms with Crippen LogP contribution in [0.1, 0.15) is 35.2 Å². The minimum absolute atomic E-state index is 0.0224. The van der Waals surface area contributed by atoms with Gasteiger partial charge in [-0.25, -0.2) is 19.4 Å². The Hall–Kier alpha value is -3.61. The third-order valence-corrected chi connectivity index (χ3v) is 4.68. The van der Waals surface area contributed by atoms with Gasteiger partial charge >= 0.3 is 5.97 Å². The van der Waals surface area contributed by atoms with E-state index >= 15 is 0 Å². The molecule has 0 saturated carbocycles. The maximum absolute atomic E-state index is 12.8. The SMILES string of the molecule is CCCn1nc(C(=O)OCc2nc3ccccc3nc2C)c2ccccc2c1=O. The van der Waals surface area contributed by atoms with Crippen LogP contribution in [-0.2, 0) is 17.9 Å². The van der Waals surface area contributed by atoms with Crippen LogP contribution in [0.5, 0.6) is 0 Å². The first-order valence-electron chi connectivity index (χ1n) is 9.47. The maximum Gasteiger partial charge on any atom is 0.359 e. The molecule has 0 saturated heterocycles. The van der Waals surface area contributed by atoms with E-state index in [2.05, 4.69) is 15.1 Å². The molecule has 2 aromatic heterocycles. The summed E-state index contributed by atoms with van der Waals surface area (Å²) in [6, 6.07) is 14.5. The van der Waals surface area contributed by atoms with Crippen molar-refractivity contribution >= 4 is 27.8 Å². The molecule has 0 aliphatic heterocycles. The molecular formula is C22H20N4O3. The predicted molar refractivity (Wildman–Crippen MR) is 110 cm³/mol. The lowest BCUT2D eigenvalue weighted by atomic mass is 10.1. The zero-order chi connectivity index (χ0) is 20.4. The molecular weight excluding hydrogens is 368 g/mol. The number of aromatic nitrogens is 4. The Labute approximate surface area is 167 Å². The van der Waals surface area contributed by atoms with Crippen LogP contribution in [-0.4, -0.2) is 25.7 Å². The van der Waals surface area contributed by atoms with E-state index in [1.54, 1.807) is 24.3 Å². The standard InChI is InChI=1S/C22H20N4O3/c1-3-12-26-21(27)16-9-5-4-8-15(16)20(25-26)22(28)29-13-19-14(2)23-17-10-6-7-11-18(17)24-19/h4-11H,3,12-13H2,1-2H3. The molecule has 146 valence electrons. The number of carbonyl (C=O) groups excluding carboxylic acids is 1. The average Bonchev–Trinajstić information content (AvgIpc) is 2.74. The quantitative estimate of drug-likeness (QED) is 0.487. The first-order chi connectivity index (χ1) is 14.1. The van der Waals surface area contributed by atoms with Gasteiger partial charge in [0.15, 0.2) is 5.69 Å². The van der Waals surface area contributed by atoms with Crippen molar-refractivity contribution in [2.24, 2.45) is 0 Å². The number of fused-ring (bicyclic) bond motifs is 2. The largest absolute Gasteiger partial charge is 0.454 e. The van der Waals surface area contributed by atoms with Crippen molar-refractivity contribution in [2.75, 3.05) is 0 Å². The molecule has 0 bridgehead atoms. The van der Waals surface area contributed by atoms with E-state index in [9.17, 15) is 9.59 Å². The van der Waals surface area contributed by atoms with Gasteiger partial charge in [-0.05, 0) is 31.5 Å². The van der Waals surface area contributed by atoms with Gasteiger partial charge in [-0.2, -0.15) is 5.10 Å². The van der Waals surface area contributed by atoms with Crippen LogP contribution in [0.25, 0.3) is 21.8 Å².